The number of hydrogen-bond donors (Lipinski definition) is 0. The van der Waals surface area contributed by atoms with Crippen LogP contribution in [-0.4, -0.2) is 37.8 Å². The van der Waals surface area contributed by atoms with Crippen LogP contribution >= 0.6 is 11.9 Å². The lowest BCUT2D eigenvalue weighted by Crippen LogP contribution is -2.33. The first-order chi connectivity index (χ1) is 7.75. The number of hydrogen-bond acceptors (Lipinski definition) is 3. The fourth-order valence-electron chi connectivity index (χ4n) is 3.18. The lowest BCUT2D eigenvalue weighted by Gasteiger charge is -2.24. The molecule has 2 aliphatic heterocycles. The van der Waals surface area contributed by atoms with Gasteiger partial charge in [-0.2, -0.15) is 0 Å². The zero-order valence-electron chi connectivity index (χ0n) is 9.94. The van der Waals surface area contributed by atoms with E-state index in [-0.39, 0.29) is 0 Å². The van der Waals surface area contributed by atoms with E-state index < -0.39 is 0 Å². The van der Waals surface area contributed by atoms with E-state index in [1.165, 1.54) is 31.7 Å². The molecule has 1 saturated heterocycles. The first-order valence-electron chi connectivity index (χ1n) is 5.85. The molecule has 1 aromatic rings. The average Bonchev–Trinajstić information content (AvgIpc) is 2.83. The number of nitrogens with zero attached hydrogens (tertiary/aromatic N) is 2. The first kappa shape index (κ1) is 10.5. The number of likely N-dealkylation sites (tertiary alicyclic amines) is 1. The Morgan fingerprint density at radius 2 is 2.06 bits per heavy atom. The highest BCUT2D eigenvalue weighted by atomic mass is 32.2. The third-order valence-electron chi connectivity index (χ3n) is 3.96. The molecule has 1 fully saturated rings. The van der Waals surface area contributed by atoms with Crippen molar-refractivity contribution in [2.24, 2.45) is 0 Å². The molecule has 0 N–H and O–H groups in total. The van der Waals surface area contributed by atoms with Crippen LogP contribution in [0.1, 0.15) is 12.0 Å². The van der Waals surface area contributed by atoms with Gasteiger partial charge in [-0.1, -0.05) is 30.1 Å². The minimum atomic E-state index is 0.397. The third kappa shape index (κ3) is 1.38. The molecule has 0 aromatic heterocycles. The molecule has 3 heteroatoms. The molecule has 16 heavy (non-hydrogen) atoms. The molecule has 0 saturated carbocycles. The number of anilines is 1. The predicted octanol–water partition coefficient (Wildman–Crippen LogP) is 2.36. The lowest BCUT2D eigenvalue weighted by molar-refractivity contribution is 0.380. The Labute approximate surface area is 102 Å². The first-order valence-corrected chi connectivity index (χ1v) is 7.03. The number of fused-ring (bicyclic) bond motifs is 2. The lowest BCUT2D eigenvalue weighted by atomic mass is 9.82. The highest BCUT2D eigenvalue weighted by Crippen LogP contribution is 2.47. The van der Waals surface area contributed by atoms with E-state index in [0.717, 1.165) is 0 Å². The molecule has 1 spiro atoms. The Morgan fingerprint density at radius 3 is 2.75 bits per heavy atom. The molecule has 2 aliphatic rings. The summed E-state index contributed by atoms with van der Waals surface area (Å²) in [4.78, 5) is 2.46. The summed E-state index contributed by atoms with van der Waals surface area (Å²) < 4.78 is 2.45. The number of likely N-dealkylation sites (N-methyl/N-ethyl adjacent to an activating group) is 1. The minimum absolute atomic E-state index is 0.397. The second-order valence-corrected chi connectivity index (χ2v) is 5.81. The Hall–Kier alpha value is -0.670. The summed E-state index contributed by atoms with van der Waals surface area (Å²) in [5, 5.41) is 0. The van der Waals surface area contributed by atoms with Gasteiger partial charge in [-0.05, 0) is 31.6 Å². The van der Waals surface area contributed by atoms with Crippen molar-refractivity contribution in [3.63, 3.8) is 0 Å². The molecule has 1 atom stereocenters. The Balaban J connectivity index is 2.05. The molecule has 0 aliphatic carbocycles. The second-order valence-electron chi connectivity index (χ2n) is 5.00. The van der Waals surface area contributed by atoms with E-state index in [1.807, 2.05) is 11.9 Å². The van der Waals surface area contributed by atoms with E-state index in [2.05, 4.69) is 46.8 Å². The molecule has 86 valence electrons. The highest BCUT2D eigenvalue weighted by molar-refractivity contribution is 8.00. The van der Waals surface area contributed by atoms with Gasteiger partial charge < -0.3 is 9.21 Å². The molecule has 0 amide bonds. The fraction of sp³-hybridized carbons (Fsp3) is 0.538. The van der Waals surface area contributed by atoms with Crippen molar-refractivity contribution in [3.8, 4) is 0 Å². The van der Waals surface area contributed by atoms with Crippen molar-refractivity contribution >= 4 is 17.6 Å². The fourth-order valence-corrected chi connectivity index (χ4v) is 3.91. The van der Waals surface area contributed by atoms with Crippen LogP contribution in [0.5, 0.6) is 0 Å². The highest BCUT2D eigenvalue weighted by Gasteiger charge is 2.46. The molecular weight excluding hydrogens is 216 g/mol. The molecular formula is C13H18N2S. The van der Waals surface area contributed by atoms with Crippen LogP contribution in [0, 0.1) is 0 Å². The Morgan fingerprint density at radius 1 is 1.25 bits per heavy atom. The average molecular weight is 234 g/mol. The molecule has 0 bridgehead atoms. The number of benzene rings is 1. The van der Waals surface area contributed by atoms with Gasteiger partial charge in [0.15, 0.2) is 0 Å². The van der Waals surface area contributed by atoms with Crippen LogP contribution in [0.3, 0.4) is 0 Å². The molecule has 0 radical (unpaired) electrons. The smallest absolute Gasteiger partial charge is 0.0508 e. The zero-order valence-corrected chi connectivity index (χ0v) is 10.8. The van der Waals surface area contributed by atoms with Gasteiger partial charge >= 0.3 is 0 Å². The van der Waals surface area contributed by atoms with Gasteiger partial charge in [-0.25, -0.2) is 0 Å². The quantitative estimate of drug-likeness (QED) is 0.689. The summed E-state index contributed by atoms with van der Waals surface area (Å²) in [6.45, 7) is 3.62. The normalized spacial score (nSPS) is 29.0. The summed E-state index contributed by atoms with van der Waals surface area (Å²) in [5.41, 5.74) is 3.40. The summed E-state index contributed by atoms with van der Waals surface area (Å²) >= 11 is 1.85. The molecule has 1 aromatic carbocycles. The van der Waals surface area contributed by atoms with Crippen LogP contribution in [0.2, 0.25) is 0 Å². The maximum atomic E-state index is 2.46. The number of para-hydroxylation sites is 1. The molecule has 2 nitrogen and oxygen atoms in total. The predicted molar refractivity (Wildman–Crippen MR) is 71.1 cm³/mol. The van der Waals surface area contributed by atoms with Crippen molar-refractivity contribution in [2.75, 3.05) is 37.2 Å². The van der Waals surface area contributed by atoms with E-state index in [1.54, 1.807) is 5.56 Å². The molecule has 1 unspecified atom stereocenters. The van der Waals surface area contributed by atoms with Crippen molar-refractivity contribution in [1.29, 1.82) is 0 Å². The zero-order chi connectivity index (χ0) is 11.2. The van der Waals surface area contributed by atoms with Gasteiger partial charge in [-0.15, -0.1) is 0 Å². The van der Waals surface area contributed by atoms with Crippen molar-refractivity contribution in [2.45, 2.75) is 11.8 Å². The van der Waals surface area contributed by atoms with E-state index >= 15 is 0 Å². The van der Waals surface area contributed by atoms with Crippen molar-refractivity contribution < 1.29 is 0 Å². The summed E-state index contributed by atoms with van der Waals surface area (Å²) in [5.74, 6) is 0. The van der Waals surface area contributed by atoms with Crippen LogP contribution in [-0.2, 0) is 5.41 Å². The van der Waals surface area contributed by atoms with E-state index in [0.29, 0.717) is 5.41 Å². The SMILES string of the molecule is CSN1CC2(CCN(C)C2)c2ccccc21. The maximum Gasteiger partial charge on any atom is 0.0508 e. The van der Waals surface area contributed by atoms with Gasteiger partial charge in [0, 0.05) is 24.8 Å². The third-order valence-corrected chi connectivity index (χ3v) is 4.72. The summed E-state index contributed by atoms with van der Waals surface area (Å²) in [6.07, 6.45) is 3.48. The van der Waals surface area contributed by atoms with E-state index in [9.17, 15) is 0 Å². The van der Waals surface area contributed by atoms with Crippen LogP contribution in [0.4, 0.5) is 5.69 Å². The van der Waals surface area contributed by atoms with Crippen LogP contribution in [0.25, 0.3) is 0 Å². The monoisotopic (exact) mass is 234 g/mol. The van der Waals surface area contributed by atoms with Gasteiger partial charge in [0.05, 0.1) is 5.69 Å². The largest absolute Gasteiger partial charge is 0.315 e. The van der Waals surface area contributed by atoms with E-state index in [4.69, 9.17) is 0 Å². The number of rotatable bonds is 1. The van der Waals surface area contributed by atoms with Gasteiger partial charge in [-0.3, -0.25) is 0 Å². The molecule has 3 rings (SSSR count). The molecule has 2 heterocycles. The Bertz CT molecular complexity index is 407. The summed E-state index contributed by atoms with van der Waals surface area (Å²) in [7, 11) is 2.24. The van der Waals surface area contributed by atoms with Crippen LogP contribution < -0.4 is 4.31 Å². The minimum Gasteiger partial charge on any atom is -0.315 e. The second kappa shape index (κ2) is 3.67. The van der Waals surface area contributed by atoms with Crippen molar-refractivity contribution in [3.05, 3.63) is 29.8 Å². The Kier molecular flexibility index (Phi) is 2.41. The van der Waals surface area contributed by atoms with Gasteiger partial charge in [0.1, 0.15) is 0 Å². The van der Waals surface area contributed by atoms with Gasteiger partial charge in [0.25, 0.3) is 0 Å². The van der Waals surface area contributed by atoms with Gasteiger partial charge in [0.2, 0.25) is 0 Å². The van der Waals surface area contributed by atoms with Crippen LogP contribution in [0.15, 0.2) is 24.3 Å². The maximum absolute atomic E-state index is 2.46. The van der Waals surface area contributed by atoms with Crippen molar-refractivity contribution in [1.82, 2.24) is 4.90 Å². The topological polar surface area (TPSA) is 6.48 Å². The standard InChI is InChI=1S/C13H18N2S/c1-14-8-7-13(9-14)10-15(16-2)12-6-4-3-5-11(12)13/h3-6H,7-10H2,1-2H3. The summed E-state index contributed by atoms with van der Waals surface area (Å²) in [6, 6.07) is 8.92.